The van der Waals surface area contributed by atoms with Gasteiger partial charge in [-0.1, -0.05) is 12.8 Å². The average molecular weight is 239 g/mol. The molecule has 0 aromatic heterocycles. The first-order chi connectivity index (χ1) is 8.08. The van der Waals surface area contributed by atoms with Gasteiger partial charge >= 0.3 is 0 Å². The summed E-state index contributed by atoms with van der Waals surface area (Å²) < 4.78 is 0. The van der Waals surface area contributed by atoms with E-state index in [0.29, 0.717) is 5.54 Å². The van der Waals surface area contributed by atoms with Crippen LogP contribution in [0, 0.1) is 0 Å². The molecular formula is C14H29N3. The number of nitrogens with zero attached hydrogens (tertiary/aromatic N) is 2. The van der Waals surface area contributed by atoms with Crippen LogP contribution in [-0.2, 0) is 0 Å². The van der Waals surface area contributed by atoms with Gasteiger partial charge in [-0.05, 0) is 40.3 Å². The van der Waals surface area contributed by atoms with Crippen molar-refractivity contribution < 1.29 is 0 Å². The van der Waals surface area contributed by atoms with Crippen LogP contribution in [0.25, 0.3) is 0 Å². The van der Waals surface area contributed by atoms with Crippen LogP contribution in [0.4, 0.5) is 0 Å². The monoisotopic (exact) mass is 239 g/mol. The van der Waals surface area contributed by atoms with Crippen molar-refractivity contribution in [1.82, 2.24) is 15.1 Å². The van der Waals surface area contributed by atoms with E-state index in [1.807, 2.05) is 0 Å². The van der Waals surface area contributed by atoms with Gasteiger partial charge in [0.25, 0.3) is 0 Å². The second-order valence-corrected chi connectivity index (χ2v) is 6.47. The molecule has 0 aromatic rings. The van der Waals surface area contributed by atoms with E-state index in [0.717, 1.165) is 6.04 Å². The summed E-state index contributed by atoms with van der Waals surface area (Å²) in [5.41, 5.74) is 0.336. The first-order valence-corrected chi connectivity index (χ1v) is 7.25. The second-order valence-electron chi connectivity index (χ2n) is 6.47. The summed E-state index contributed by atoms with van der Waals surface area (Å²) in [6.07, 6.45) is 5.56. The van der Waals surface area contributed by atoms with Gasteiger partial charge in [0, 0.05) is 37.8 Å². The van der Waals surface area contributed by atoms with Crippen LogP contribution >= 0.6 is 0 Å². The third-order valence-electron chi connectivity index (χ3n) is 4.54. The zero-order valence-electron chi connectivity index (χ0n) is 11.8. The molecule has 0 bridgehead atoms. The molecule has 2 fully saturated rings. The van der Waals surface area contributed by atoms with Crippen LogP contribution in [0.15, 0.2) is 0 Å². The van der Waals surface area contributed by atoms with Gasteiger partial charge in [-0.3, -0.25) is 9.80 Å². The normalized spacial score (nSPS) is 32.3. The number of hydrogen-bond donors (Lipinski definition) is 1. The molecule has 0 radical (unpaired) electrons. The Morgan fingerprint density at radius 1 is 1.18 bits per heavy atom. The fourth-order valence-electron chi connectivity index (χ4n) is 3.07. The van der Waals surface area contributed by atoms with Crippen molar-refractivity contribution in [1.29, 1.82) is 0 Å². The number of rotatable bonds is 2. The highest BCUT2D eigenvalue weighted by atomic mass is 15.3. The molecule has 2 saturated heterocycles. The Hall–Kier alpha value is -0.120. The lowest BCUT2D eigenvalue weighted by atomic mass is 9.99. The van der Waals surface area contributed by atoms with Crippen LogP contribution in [0.3, 0.4) is 0 Å². The molecule has 1 unspecified atom stereocenters. The summed E-state index contributed by atoms with van der Waals surface area (Å²) in [7, 11) is 2.25. The second kappa shape index (κ2) is 5.68. The van der Waals surface area contributed by atoms with Crippen LogP contribution in [0.2, 0.25) is 0 Å². The number of nitrogens with one attached hydrogen (secondary N) is 1. The van der Waals surface area contributed by atoms with E-state index >= 15 is 0 Å². The summed E-state index contributed by atoms with van der Waals surface area (Å²) in [6.45, 7) is 10.8. The minimum atomic E-state index is 0.336. The van der Waals surface area contributed by atoms with Gasteiger partial charge < -0.3 is 5.32 Å². The zero-order valence-corrected chi connectivity index (χ0v) is 11.8. The highest BCUT2D eigenvalue weighted by Crippen LogP contribution is 2.19. The molecule has 0 amide bonds. The molecule has 2 aliphatic rings. The van der Waals surface area contributed by atoms with Crippen LogP contribution < -0.4 is 5.32 Å². The van der Waals surface area contributed by atoms with E-state index in [9.17, 15) is 0 Å². The lowest BCUT2D eigenvalue weighted by molar-refractivity contribution is 0.0350. The molecule has 100 valence electrons. The maximum absolute atomic E-state index is 3.71. The van der Waals surface area contributed by atoms with Gasteiger partial charge in [0.15, 0.2) is 0 Å². The lowest BCUT2D eigenvalue weighted by Gasteiger charge is -2.46. The minimum Gasteiger partial charge on any atom is -0.313 e. The minimum absolute atomic E-state index is 0.336. The lowest BCUT2D eigenvalue weighted by Crippen LogP contribution is -2.59. The Morgan fingerprint density at radius 2 is 2.00 bits per heavy atom. The maximum atomic E-state index is 3.71. The Labute approximate surface area is 107 Å². The zero-order chi connectivity index (χ0) is 12.3. The molecule has 1 atom stereocenters. The van der Waals surface area contributed by atoms with Gasteiger partial charge in [-0.15, -0.1) is 0 Å². The smallest absolute Gasteiger partial charge is 0.0277 e. The van der Waals surface area contributed by atoms with Crippen molar-refractivity contribution in [2.24, 2.45) is 0 Å². The third kappa shape index (κ3) is 3.67. The largest absolute Gasteiger partial charge is 0.313 e. The fourth-order valence-corrected chi connectivity index (χ4v) is 3.07. The van der Waals surface area contributed by atoms with Crippen molar-refractivity contribution in [3.63, 3.8) is 0 Å². The molecular weight excluding hydrogens is 210 g/mol. The fraction of sp³-hybridized carbons (Fsp3) is 1.00. The average Bonchev–Trinajstić information content (AvgIpc) is 2.52. The number of piperazine rings is 1. The van der Waals surface area contributed by atoms with Crippen LogP contribution in [0.1, 0.15) is 39.5 Å². The molecule has 1 N–H and O–H groups in total. The molecule has 0 saturated carbocycles. The van der Waals surface area contributed by atoms with E-state index in [1.165, 1.54) is 58.4 Å². The molecule has 0 aromatic carbocycles. The Balaban J connectivity index is 1.82. The highest BCUT2D eigenvalue weighted by Gasteiger charge is 2.31. The molecule has 2 rings (SSSR count). The standard InChI is InChI=1S/C14H29N3/c1-14(2)12-17(10-9-16(14)3)11-13-7-5-4-6-8-15-13/h13,15H,4-12H2,1-3H3. The van der Waals surface area contributed by atoms with Crippen molar-refractivity contribution in [3.05, 3.63) is 0 Å². The molecule has 2 heterocycles. The number of likely N-dealkylation sites (N-methyl/N-ethyl adjacent to an activating group) is 1. The quantitative estimate of drug-likeness (QED) is 0.789. The van der Waals surface area contributed by atoms with Crippen molar-refractivity contribution >= 4 is 0 Å². The maximum Gasteiger partial charge on any atom is 0.0277 e. The van der Waals surface area contributed by atoms with E-state index < -0.39 is 0 Å². The Kier molecular flexibility index (Phi) is 4.45. The van der Waals surface area contributed by atoms with Crippen molar-refractivity contribution in [2.45, 2.75) is 51.1 Å². The van der Waals surface area contributed by atoms with Gasteiger partial charge in [-0.2, -0.15) is 0 Å². The molecule has 3 nitrogen and oxygen atoms in total. The molecule has 17 heavy (non-hydrogen) atoms. The summed E-state index contributed by atoms with van der Waals surface area (Å²) >= 11 is 0. The molecule has 0 spiro atoms. The third-order valence-corrected chi connectivity index (χ3v) is 4.54. The summed E-state index contributed by atoms with van der Waals surface area (Å²) in [4.78, 5) is 5.15. The van der Waals surface area contributed by atoms with Gasteiger partial charge in [0.2, 0.25) is 0 Å². The van der Waals surface area contributed by atoms with E-state index in [1.54, 1.807) is 0 Å². The summed E-state index contributed by atoms with van der Waals surface area (Å²) in [5, 5.41) is 3.71. The van der Waals surface area contributed by atoms with E-state index in [4.69, 9.17) is 0 Å². The predicted octanol–water partition coefficient (Wildman–Crippen LogP) is 1.54. The highest BCUT2D eigenvalue weighted by molar-refractivity contribution is 4.89. The van der Waals surface area contributed by atoms with Crippen molar-refractivity contribution in [2.75, 3.05) is 39.8 Å². The SMILES string of the molecule is CN1CCN(CC2CCCCCN2)CC1(C)C. The summed E-state index contributed by atoms with van der Waals surface area (Å²) in [6, 6.07) is 0.733. The van der Waals surface area contributed by atoms with E-state index in [-0.39, 0.29) is 0 Å². The van der Waals surface area contributed by atoms with Crippen LogP contribution in [0.5, 0.6) is 0 Å². The van der Waals surface area contributed by atoms with Crippen LogP contribution in [-0.4, -0.2) is 61.2 Å². The summed E-state index contributed by atoms with van der Waals surface area (Å²) in [5.74, 6) is 0. The molecule has 3 heteroatoms. The Morgan fingerprint density at radius 3 is 2.76 bits per heavy atom. The van der Waals surface area contributed by atoms with Gasteiger partial charge in [-0.25, -0.2) is 0 Å². The van der Waals surface area contributed by atoms with Gasteiger partial charge in [0.05, 0.1) is 0 Å². The topological polar surface area (TPSA) is 18.5 Å². The molecule has 2 aliphatic heterocycles. The molecule has 0 aliphatic carbocycles. The predicted molar refractivity (Wildman–Crippen MR) is 73.4 cm³/mol. The first kappa shape index (κ1) is 13.3. The number of hydrogen-bond acceptors (Lipinski definition) is 3. The first-order valence-electron chi connectivity index (χ1n) is 7.25. The van der Waals surface area contributed by atoms with Crippen molar-refractivity contribution in [3.8, 4) is 0 Å². The Bertz CT molecular complexity index is 232. The van der Waals surface area contributed by atoms with Gasteiger partial charge in [0.1, 0.15) is 0 Å². The van der Waals surface area contributed by atoms with E-state index in [2.05, 4.69) is 36.0 Å².